The minimum absolute atomic E-state index is 0.166. The first-order chi connectivity index (χ1) is 11.4. The van der Waals surface area contributed by atoms with E-state index < -0.39 is 22.3 Å². The molecule has 8 heteroatoms. The molecule has 1 amide bonds. The third-order valence-electron chi connectivity index (χ3n) is 3.28. The number of nitrogens with one attached hydrogen (secondary N) is 1. The quantitative estimate of drug-likeness (QED) is 0.497. The van der Waals surface area contributed by atoms with Crippen molar-refractivity contribution in [2.24, 2.45) is 5.10 Å². The fraction of sp³-hybridized carbons (Fsp3) is 0.125. The number of amides is 1. The highest BCUT2D eigenvalue weighted by Crippen LogP contribution is 2.29. The number of nitro groups is 1. The Morgan fingerprint density at radius 3 is 2.50 bits per heavy atom. The third kappa shape index (κ3) is 3.67. The molecule has 24 heavy (non-hydrogen) atoms. The molecule has 0 radical (unpaired) electrons. The van der Waals surface area contributed by atoms with E-state index in [-0.39, 0.29) is 11.3 Å². The first-order valence-corrected chi connectivity index (χ1v) is 6.89. The van der Waals surface area contributed by atoms with Crippen LogP contribution in [0.15, 0.2) is 47.6 Å². The van der Waals surface area contributed by atoms with Crippen molar-refractivity contribution < 1.29 is 19.6 Å². The molecule has 2 rings (SSSR count). The summed E-state index contributed by atoms with van der Waals surface area (Å²) in [6, 6.07) is 10.5. The Morgan fingerprint density at radius 1 is 1.25 bits per heavy atom. The van der Waals surface area contributed by atoms with Crippen molar-refractivity contribution in [2.45, 2.75) is 6.92 Å². The highest BCUT2D eigenvalue weighted by molar-refractivity contribution is 6.03. The molecule has 2 aromatic rings. The van der Waals surface area contributed by atoms with E-state index in [1.165, 1.54) is 32.2 Å². The maximum atomic E-state index is 12.0. The molecule has 0 saturated carbocycles. The fourth-order valence-electron chi connectivity index (χ4n) is 1.97. The van der Waals surface area contributed by atoms with Gasteiger partial charge in [0.15, 0.2) is 0 Å². The van der Waals surface area contributed by atoms with Crippen molar-refractivity contribution in [3.63, 3.8) is 0 Å². The van der Waals surface area contributed by atoms with Gasteiger partial charge in [0.1, 0.15) is 5.75 Å². The number of nitro benzene ring substituents is 1. The van der Waals surface area contributed by atoms with Crippen molar-refractivity contribution in [1.29, 1.82) is 0 Å². The van der Waals surface area contributed by atoms with Gasteiger partial charge in [-0.15, -0.1) is 0 Å². The predicted octanol–water partition coefficient (Wildman–Crippen LogP) is 2.46. The molecule has 0 spiro atoms. The van der Waals surface area contributed by atoms with Gasteiger partial charge in [-0.1, -0.05) is 6.07 Å². The Kier molecular flexibility index (Phi) is 5.10. The number of carbonyl (C=O) groups excluding carboxylic acids is 1. The molecule has 0 aromatic heterocycles. The average Bonchev–Trinajstić information content (AvgIpc) is 2.59. The second-order valence-electron chi connectivity index (χ2n) is 4.80. The number of phenolic OH excluding ortho intramolecular Hbond substituents is 1. The standard InChI is InChI=1S/C16H15N3O5/c1-10(13-4-3-5-14(15(13)20)19(22)23)17-18-16(21)11-6-8-12(24-2)9-7-11/h3-9,20H,1-2H3,(H,18,21)/b17-10+. The number of rotatable bonds is 5. The highest BCUT2D eigenvalue weighted by Gasteiger charge is 2.18. The van der Waals surface area contributed by atoms with Gasteiger partial charge in [-0.3, -0.25) is 14.9 Å². The van der Waals surface area contributed by atoms with Gasteiger partial charge in [-0.25, -0.2) is 5.43 Å². The molecule has 2 N–H and O–H groups in total. The third-order valence-corrected chi connectivity index (χ3v) is 3.28. The highest BCUT2D eigenvalue weighted by atomic mass is 16.6. The van der Waals surface area contributed by atoms with Crippen LogP contribution in [0.1, 0.15) is 22.8 Å². The van der Waals surface area contributed by atoms with Crippen LogP contribution in [0.5, 0.6) is 11.5 Å². The van der Waals surface area contributed by atoms with Crippen LogP contribution in [-0.4, -0.2) is 28.8 Å². The molecule has 2 aromatic carbocycles. The molecule has 0 saturated heterocycles. The van der Waals surface area contributed by atoms with Crippen LogP contribution in [0.4, 0.5) is 5.69 Å². The van der Waals surface area contributed by atoms with E-state index in [4.69, 9.17) is 4.74 Å². The fourth-order valence-corrected chi connectivity index (χ4v) is 1.97. The predicted molar refractivity (Wildman–Crippen MR) is 87.4 cm³/mol. The molecule has 0 atom stereocenters. The largest absolute Gasteiger partial charge is 0.502 e. The van der Waals surface area contributed by atoms with E-state index in [1.807, 2.05) is 0 Å². The molecule has 0 aliphatic heterocycles. The van der Waals surface area contributed by atoms with E-state index in [1.54, 1.807) is 24.3 Å². The van der Waals surface area contributed by atoms with Crippen molar-refractivity contribution >= 4 is 17.3 Å². The van der Waals surface area contributed by atoms with Crippen LogP contribution >= 0.6 is 0 Å². The molecular formula is C16H15N3O5. The zero-order chi connectivity index (χ0) is 17.7. The molecule has 0 fully saturated rings. The van der Waals surface area contributed by atoms with Gasteiger partial charge in [0.05, 0.1) is 17.7 Å². The summed E-state index contributed by atoms with van der Waals surface area (Å²) < 4.78 is 5.01. The zero-order valence-electron chi connectivity index (χ0n) is 13.0. The topological polar surface area (TPSA) is 114 Å². The summed E-state index contributed by atoms with van der Waals surface area (Å²) in [5.41, 5.74) is 2.68. The molecule has 0 aliphatic carbocycles. The summed E-state index contributed by atoms with van der Waals surface area (Å²) in [6.07, 6.45) is 0. The number of carbonyl (C=O) groups is 1. The smallest absolute Gasteiger partial charge is 0.311 e. The summed E-state index contributed by atoms with van der Waals surface area (Å²) in [5.74, 6) is -0.336. The number of phenols is 1. The summed E-state index contributed by atoms with van der Waals surface area (Å²) >= 11 is 0. The van der Waals surface area contributed by atoms with Crippen LogP contribution < -0.4 is 10.2 Å². The molecule has 0 bridgehead atoms. The first-order valence-electron chi connectivity index (χ1n) is 6.89. The van der Waals surface area contributed by atoms with Gasteiger partial charge in [0, 0.05) is 17.2 Å². The Hall–Kier alpha value is -3.42. The Morgan fingerprint density at radius 2 is 1.92 bits per heavy atom. The van der Waals surface area contributed by atoms with Gasteiger partial charge < -0.3 is 9.84 Å². The van der Waals surface area contributed by atoms with Gasteiger partial charge in [0.25, 0.3) is 5.91 Å². The van der Waals surface area contributed by atoms with Gasteiger partial charge in [-0.05, 0) is 37.3 Å². The second-order valence-corrected chi connectivity index (χ2v) is 4.80. The normalized spacial score (nSPS) is 11.0. The number of ether oxygens (including phenoxy) is 1. The van der Waals surface area contributed by atoms with E-state index in [9.17, 15) is 20.0 Å². The van der Waals surface area contributed by atoms with Gasteiger partial charge in [0.2, 0.25) is 5.75 Å². The van der Waals surface area contributed by atoms with Crippen molar-refractivity contribution in [1.82, 2.24) is 5.43 Å². The lowest BCUT2D eigenvalue weighted by Gasteiger charge is -2.06. The Balaban J connectivity index is 2.18. The molecule has 0 heterocycles. The van der Waals surface area contributed by atoms with Crippen LogP contribution in [-0.2, 0) is 0 Å². The Bertz CT molecular complexity index is 800. The number of hydrazone groups is 1. The van der Waals surface area contributed by atoms with Crippen molar-refractivity contribution in [2.75, 3.05) is 7.11 Å². The number of hydrogen-bond donors (Lipinski definition) is 2. The number of nitrogens with zero attached hydrogens (tertiary/aromatic N) is 2. The first kappa shape index (κ1) is 16.9. The van der Waals surface area contributed by atoms with Gasteiger partial charge >= 0.3 is 5.69 Å². The number of para-hydroxylation sites is 1. The van der Waals surface area contributed by atoms with Crippen LogP contribution in [0.3, 0.4) is 0 Å². The second kappa shape index (κ2) is 7.23. The zero-order valence-corrected chi connectivity index (χ0v) is 13.0. The lowest BCUT2D eigenvalue weighted by Crippen LogP contribution is -2.19. The van der Waals surface area contributed by atoms with Crippen LogP contribution in [0.25, 0.3) is 0 Å². The molecular weight excluding hydrogens is 314 g/mol. The minimum atomic E-state index is -0.692. The lowest BCUT2D eigenvalue weighted by atomic mass is 10.1. The molecule has 8 nitrogen and oxygen atoms in total. The summed E-state index contributed by atoms with van der Waals surface area (Å²) in [5, 5.41) is 24.6. The molecule has 0 aliphatic rings. The number of benzene rings is 2. The SMILES string of the molecule is COc1ccc(C(=O)N/N=C(\C)c2cccc([N+](=O)[O-])c2O)cc1. The number of methoxy groups -OCH3 is 1. The monoisotopic (exact) mass is 329 g/mol. The van der Waals surface area contributed by atoms with E-state index in [0.717, 1.165) is 0 Å². The summed E-state index contributed by atoms with van der Waals surface area (Å²) in [6.45, 7) is 1.52. The summed E-state index contributed by atoms with van der Waals surface area (Å²) in [4.78, 5) is 22.1. The van der Waals surface area contributed by atoms with E-state index >= 15 is 0 Å². The van der Waals surface area contributed by atoms with E-state index in [0.29, 0.717) is 11.3 Å². The van der Waals surface area contributed by atoms with Crippen molar-refractivity contribution in [3.8, 4) is 11.5 Å². The number of hydrogen-bond acceptors (Lipinski definition) is 6. The maximum absolute atomic E-state index is 12.0. The Labute approximate surface area is 137 Å². The minimum Gasteiger partial charge on any atom is -0.502 e. The number of aromatic hydroxyl groups is 1. The average molecular weight is 329 g/mol. The van der Waals surface area contributed by atoms with Crippen LogP contribution in [0.2, 0.25) is 0 Å². The van der Waals surface area contributed by atoms with Crippen LogP contribution in [0, 0.1) is 10.1 Å². The van der Waals surface area contributed by atoms with Gasteiger partial charge in [-0.2, -0.15) is 5.10 Å². The maximum Gasteiger partial charge on any atom is 0.311 e. The van der Waals surface area contributed by atoms with E-state index in [2.05, 4.69) is 10.5 Å². The molecule has 0 unspecified atom stereocenters. The summed E-state index contributed by atoms with van der Waals surface area (Å²) in [7, 11) is 1.52. The lowest BCUT2D eigenvalue weighted by molar-refractivity contribution is -0.385. The molecule has 124 valence electrons. The van der Waals surface area contributed by atoms with Crippen molar-refractivity contribution in [3.05, 3.63) is 63.7 Å².